The van der Waals surface area contributed by atoms with E-state index in [0.717, 1.165) is 11.1 Å². The van der Waals surface area contributed by atoms with E-state index >= 15 is 0 Å². The number of halogens is 1. The number of benzene rings is 1. The van der Waals surface area contributed by atoms with Gasteiger partial charge in [0.25, 0.3) is 0 Å². The number of hydrogen-bond acceptors (Lipinski definition) is 5. The topological polar surface area (TPSA) is 90.7 Å². The molecule has 3 N–H and O–H groups in total. The molecule has 2 atom stereocenters. The highest BCUT2D eigenvalue weighted by Crippen LogP contribution is 2.21. The van der Waals surface area contributed by atoms with Gasteiger partial charge in [-0.25, -0.2) is 0 Å². The van der Waals surface area contributed by atoms with E-state index in [-0.39, 0.29) is 37.3 Å². The van der Waals surface area contributed by atoms with Crippen molar-refractivity contribution in [2.45, 2.75) is 32.4 Å². The second-order valence-electron chi connectivity index (χ2n) is 4.99. The minimum absolute atomic E-state index is 0. The first kappa shape index (κ1) is 21.4. The Morgan fingerprint density at radius 2 is 1.96 bits per heavy atom. The molecule has 0 aromatic heterocycles. The lowest BCUT2D eigenvalue weighted by molar-refractivity contribution is -0.143. The molecule has 0 spiro atoms. The first-order chi connectivity index (χ1) is 10.5. The molecule has 23 heavy (non-hydrogen) atoms. The van der Waals surface area contributed by atoms with Crippen molar-refractivity contribution < 1.29 is 19.1 Å². The summed E-state index contributed by atoms with van der Waals surface area (Å²) in [5, 5.41) is 2.80. The number of amides is 1. The number of nitrogens with two attached hydrogens (primary N) is 1. The zero-order valence-corrected chi connectivity index (χ0v) is 14.5. The third-order valence-electron chi connectivity index (χ3n) is 3.24. The van der Waals surface area contributed by atoms with Gasteiger partial charge >= 0.3 is 5.97 Å². The van der Waals surface area contributed by atoms with Crippen molar-refractivity contribution in [3.63, 3.8) is 0 Å². The van der Waals surface area contributed by atoms with Crippen molar-refractivity contribution >= 4 is 24.3 Å². The smallest absolute Gasteiger partial charge is 0.308 e. The molecule has 0 bridgehead atoms. The molecule has 0 fully saturated rings. The van der Waals surface area contributed by atoms with Crippen LogP contribution in [0.1, 0.15) is 30.5 Å². The second-order valence-corrected chi connectivity index (χ2v) is 4.99. The van der Waals surface area contributed by atoms with Gasteiger partial charge in [-0.05, 0) is 25.0 Å². The summed E-state index contributed by atoms with van der Waals surface area (Å²) in [5.74, 6) is -0.726. The Labute approximate surface area is 143 Å². The van der Waals surface area contributed by atoms with E-state index < -0.39 is 12.1 Å². The quantitative estimate of drug-likeness (QED) is 0.697. The summed E-state index contributed by atoms with van der Waals surface area (Å²) in [5.41, 5.74) is 7.58. The summed E-state index contributed by atoms with van der Waals surface area (Å²) < 4.78 is 9.86. The fraction of sp³-hybridized carbons (Fsp3) is 0.500. The van der Waals surface area contributed by atoms with Gasteiger partial charge in [0.15, 0.2) is 0 Å². The van der Waals surface area contributed by atoms with Crippen molar-refractivity contribution in [2.24, 2.45) is 5.73 Å². The number of carbonyl (C=O) groups is 2. The molecule has 0 saturated heterocycles. The van der Waals surface area contributed by atoms with Crippen LogP contribution in [0.5, 0.6) is 0 Å². The molecule has 1 aromatic carbocycles. The number of methoxy groups -OCH3 is 1. The average molecular weight is 345 g/mol. The van der Waals surface area contributed by atoms with Crippen LogP contribution in [0.3, 0.4) is 0 Å². The highest BCUT2D eigenvalue weighted by atomic mass is 35.5. The third-order valence-corrected chi connectivity index (χ3v) is 3.24. The molecule has 1 aromatic rings. The lowest BCUT2D eigenvalue weighted by atomic mass is 9.98. The molecule has 130 valence electrons. The van der Waals surface area contributed by atoms with E-state index in [1.54, 1.807) is 6.92 Å². The van der Waals surface area contributed by atoms with Crippen LogP contribution in [-0.4, -0.2) is 38.2 Å². The van der Waals surface area contributed by atoms with Gasteiger partial charge in [0.1, 0.15) is 6.04 Å². The monoisotopic (exact) mass is 344 g/mol. The van der Waals surface area contributed by atoms with Gasteiger partial charge in [-0.2, -0.15) is 0 Å². The molecule has 0 saturated carbocycles. The number of esters is 1. The third kappa shape index (κ3) is 6.99. The van der Waals surface area contributed by atoms with E-state index in [1.807, 2.05) is 31.2 Å². The normalized spacial score (nSPS) is 12.7. The summed E-state index contributed by atoms with van der Waals surface area (Å²) >= 11 is 0. The molecule has 0 aliphatic carbocycles. The summed E-state index contributed by atoms with van der Waals surface area (Å²) in [6, 6.07) is 6.31. The first-order valence-corrected chi connectivity index (χ1v) is 7.25. The number of carbonyl (C=O) groups excluding carboxylic acids is 2. The summed E-state index contributed by atoms with van der Waals surface area (Å²) in [6.07, 6.45) is 0.0597. The molecule has 2 unspecified atom stereocenters. The van der Waals surface area contributed by atoms with Gasteiger partial charge < -0.3 is 20.5 Å². The molecule has 0 aliphatic heterocycles. The maximum atomic E-state index is 12.1. The molecule has 0 heterocycles. The largest absolute Gasteiger partial charge is 0.466 e. The van der Waals surface area contributed by atoms with E-state index in [4.69, 9.17) is 15.2 Å². The Morgan fingerprint density at radius 1 is 1.30 bits per heavy atom. The molecular formula is C16H25ClN2O4. The number of rotatable bonds is 8. The van der Waals surface area contributed by atoms with Crippen molar-refractivity contribution in [2.75, 3.05) is 20.3 Å². The predicted molar refractivity (Wildman–Crippen MR) is 90.4 cm³/mol. The van der Waals surface area contributed by atoms with Crippen molar-refractivity contribution in [3.05, 3.63) is 35.4 Å². The van der Waals surface area contributed by atoms with E-state index in [9.17, 15) is 9.59 Å². The first-order valence-electron chi connectivity index (χ1n) is 7.25. The Balaban J connectivity index is 0.00000484. The second kappa shape index (κ2) is 11.0. The Kier molecular flexibility index (Phi) is 10.2. The van der Waals surface area contributed by atoms with Crippen LogP contribution in [-0.2, 0) is 19.1 Å². The number of nitrogens with one attached hydrogen (secondary N) is 1. The summed E-state index contributed by atoms with van der Waals surface area (Å²) in [7, 11) is 1.48. The number of aryl methyl sites for hydroxylation is 1. The van der Waals surface area contributed by atoms with Crippen LogP contribution in [0.25, 0.3) is 0 Å². The van der Waals surface area contributed by atoms with Gasteiger partial charge in [0, 0.05) is 7.11 Å². The maximum absolute atomic E-state index is 12.1. The SMILES string of the molecule is CCOC(=O)CC(NC(=O)C(N)COC)c1ccccc1C.Cl. The fourth-order valence-corrected chi connectivity index (χ4v) is 2.14. The summed E-state index contributed by atoms with van der Waals surface area (Å²) in [4.78, 5) is 23.9. The van der Waals surface area contributed by atoms with Gasteiger partial charge in [0.2, 0.25) is 5.91 Å². The standard InChI is InChI=1S/C16H24N2O4.ClH/c1-4-22-15(19)9-14(12-8-6-5-7-11(12)2)18-16(20)13(17)10-21-3;/h5-8,13-14H,4,9-10,17H2,1-3H3,(H,18,20);1H. The van der Waals surface area contributed by atoms with E-state index in [0.29, 0.717) is 6.61 Å². The van der Waals surface area contributed by atoms with Gasteiger partial charge in [-0.1, -0.05) is 24.3 Å². The molecular weight excluding hydrogens is 320 g/mol. The van der Waals surface area contributed by atoms with Crippen LogP contribution in [0.4, 0.5) is 0 Å². The number of hydrogen-bond donors (Lipinski definition) is 2. The van der Waals surface area contributed by atoms with Crippen molar-refractivity contribution in [1.29, 1.82) is 0 Å². The highest BCUT2D eigenvalue weighted by Gasteiger charge is 2.23. The van der Waals surface area contributed by atoms with Crippen LogP contribution < -0.4 is 11.1 Å². The van der Waals surface area contributed by atoms with Crippen LogP contribution in [0, 0.1) is 6.92 Å². The van der Waals surface area contributed by atoms with E-state index in [2.05, 4.69) is 5.32 Å². The fourth-order valence-electron chi connectivity index (χ4n) is 2.14. The Hall–Kier alpha value is -1.63. The predicted octanol–water partition coefficient (Wildman–Crippen LogP) is 1.50. The summed E-state index contributed by atoms with van der Waals surface area (Å²) in [6.45, 7) is 4.09. The zero-order valence-electron chi connectivity index (χ0n) is 13.7. The molecule has 7 heteroatoms. The minimum atomic E-state index is -0.779. The van der Waals surface area contributed by atoms with Crippen molar-refractivity contribution in [3.8, 4) is 0 Å². The lowest BCUT2D eigenvalue weighted by Gasteiger charge is -2.22. The highest BCUT2D eigenvalue weighted by molar-refractivity contribution is 5.85. The van der Waals surface area contributed by atoms with Crippen LogP contribution in [0.15, 0.2) is 24.3 Å². The molecule has 6 nitrogen and oxygen atoms in total. The number of ether oxygens (including phenoxy) is 2. The Bertz CT molecular complexity index is 511. The molecule has 0 radical (unpaired) electrons. The average Bonchev–Trinajstić information content (AvgIpc) is 2.47. The zero-order chi connectivity index (χ0) is 16.5. The molecule has 1 amide bonds. The van der Waals surface area contributed by atoms with Gasteiger partial charge in [0.05, 0.1) is 25.7 Å². The minimum Gasteiger partial charge on any atom is -0.466 e. The van der Waals surface area contributed by atoms with Crippen LogP contribution >= 0.6 is 12.4 Å². The Morgan fingerprint density at radius 3 is 2.52 bits per heavy atom. The van der Waals surface area contributed by atoms with E-state index in [1.165, 1.54) is 7.11 Å². The maximum Gasteiger partial charge on any atom is 0.308 e. The van der Waals surface area contributed by atoms with Crippen LogP contribution in [0.2, 0.25) is 0 Å². The van der Waals surface area contributed by atoms with Gasteiger partial charge in [-0.15, -0.1) is 12.4 Å². The lowest BCUT2D eigenvalue weighted by Crippen LogP contribution is -2.45. The molecule has 1 rings (SSSR count). The molecule has 0 aliphatic rings. The van der Waals surface area contributed by atoms with Gasteiger partial charge in [-0.3, -0.25) is 9.59 Å². The van der Waals surface area contributed by atoms with Crippen molar-refractivity contribution in [1.82, 2.24) is 5.32 Å².